The molecule has 0 saturated heterocycles. The number of amides is 1. The molecule has 12 heteroatoms. The van der Waals surface area contributed by atoms with Gasteiger partial charge in [0, 0.05) is 42.5 Å². The summed E-state index contributed by atoms with van der Waals surface area (Å²) in [6, 6.07) is 13.7. The molecule has 1 amide bonds. The van der Waals surface area contributed by atoms with Crippen LogP contribution in [-0.2, 0) is 17.9 Å². The van der Waals surface area contributed by atoms with Crippen LogP contribution in [0.2, 0.25) is 5.02 Å². The Balaban J connectivity index is 1.87. The monoisotopic (exact) mass is 514 g/mol. The van der Waals surface area contributed by atoms with Crippen molar-refractivity contribution in [2.45, 2.75) is 23.0 Å². The highest BCUT2D eigenvalue weighted by Gasteiger charge is 2.18. The lowest BCUT2D eigenvalue weighted by molar-refractivity contribution is -0.122. The molecule has 0 fully saturated rings. The summed E-state index contributed by atoms with van der Waals surface area (Å²) in [7, 11) is 3.45. The van der Waals surface area contributed by atoms with Crippen LogP contribution in [0, 0.1) is 5.41 Å². The van der Waals surface area contributed by atoms with Crippen LogP contribution in [0.5, 0.6) is 0 Å². The summed E-state index contributed by atoms with van der Waals surface area (Å²) >= 11 is 7.63. The number of halogens is 1. The number of hydrogen-bond donors (Lipinski definition) is 6. The molecule has 35 heavy (non-hydrogen) atoms. The highest BCUT2D eigenvalue weighted by atomic mass is 35.5. The number of pyridine rings is 1. The van der Waals surface area contributed by atoms with Gasteiger partial charge in [-0.3, -0.25) is 19.6 Å². The van der Waals surface area contributed by atoms with Crippen molar-refractivity contribution in [3.05, 3.63) is 75.0 Å². The molecule has 0 unspecified atom stereocenters. The van der Waals surface area contributed by atoms with Crippen LogP contribution in [0.4, 0.5) is 17.1 Å². The molecule has 0 radical (unpaired) electrons. The molecule has 1 heterocycles. The number of anilines is 3. The van der Waals surface area contributed by atoms with Crippen molar-refractivity contribution in [3.63, 3.8) is 0 Å². The first-order valence-corrected chi connectivity index (χ1v) is 11.6. The number of hydrazine groups is 1. The summed E-state index contributed by atoms with van der Waals surface area (Å²) in [6.07, 6.45) is 0. The van der Waals surface area contributed by atoms with Crippen molar-refractivity contribution in [1.29, 1.82) is 5.41 Å². The Morgan fingerprint density at radius 3 is 2.31 bits per heavy atom. The molecule has 9 N–H and O–H groups in total. The van der Waals surface area contributed by atoms with Crippen LogP contribution >= 0.6 is 23.4 Å². The maximum atomic E-state index is 13.3. The van der Waals surface area contributed by atoms with Gasteiger partial charge in [0.25, 0.3) is 5.56 Å². The number of hydrogen-bond acceptors (Lipinski definition) is 8. The third-order valence-corrected chi connectivity index (χ3v) is 6.10. The van der Waals surface area contributed by atoms with Crippen LogP contribution in [0.15, 0.2) is 63.2 Å². The quantitative estimate of drug-likeness (QED) is 0.109. The SMILES string of the molecule is CN(C)Nc1c(Cl)cc(Sc2cc(N)cc(N)c2)n(CC(=O)NCc2ccc(C(=N)N)cc2)c1=O. The Hall–Kier alpha value is -3.67. The average Bonchev–Trinajstić information content (AvgIpc) is 2.77. The number of amidine groups is 1. The minimum absolute atomic E-state index is 0.0307. The van der Waals surface area contributed by atoms with E-state index in [0.717, 1.165) is 5.56 Å². The van der Waals surface area contributed by atoms with Gasteiger partial charge in [0.05, 0.1) is 10.0 Å². The zero-order chi connectivity index (χ0) is 25.7. The van der Waals surface area contributed by atoms with Gasteiger partial charge in [-0.15, -0.1) is 0 Å². The second-order valence-corrected chi connectivity index (χ2v) is 9.43. The lowest BCUT2D eigenvalue weighted by atomic mass is 10.1. The summed E-state index contributed by atoms with van der Waals surface area (Å²) in [5.74, 6) is -0.397. The highest BCUT2D eigenvalue weighted by Crippen LogP contribution is 2.33. The van der Waals surface area contributed by atoms with E-state index >= 15 is 0 Å². The van der Waals surface area contributed by atoms with Gasteiger partial charge in [-0.05, 0) is 29.8 Å². The number of rotatable bonds is 9. The summed E-state index contributed by atoms with van der Waals surface area (Å²) in [5.41, 5.74) is 22.3. The predicted molar refractivity (Wildman–Crippen MR) is 142 cm³/mol. The maximum absolute atomic E-state index is 13.3. The fourth-order valence-corrected chi connectivity index (χ4v) is 4.54. The fourth-order valence-electron chi connectivity index (χ4n) is 3.18. The Kier molecular flexibility index (Phi) is 8.28. The number of carbonyl (C=O) groups is 1. The van der Waals surface area contributed by atoms with E-state index in [9.17, 15) is 9.59 Å². The lowest BCUT2D eigenvalue weighted by Gasteiger charge is -2.19. The molecule has 0 aliphatic carbocycles. The van der Waals surface area contributed by atoms with Gasteiger partial charge in [-0.25, -0.2) is 5.01 Å². The van der Waals surface area contributed by atoms with E-state index in [4.69, 9.17) is 34.2 Å². The molecule has 0 spiro atoms. The molecule has 184 valence electrons. The highest BCUT2D eigenvalue weighted by molar-refractivity contribution is 7.99. The smallest absolute Gasteiger partial charge is 0.278 e. The normalized spacial score (nSPS) is 10.9. The Morgan fingerprint density at radius 2 is 1.74 bits per heavy atom. The Morgan fingerprint density at radius 1 is 1.11 bits per heavy atom. The first kappa shape index (κ1) is 25.9. The van der Waals surface area contributed by atoms with Crippen molar-refractivity contribution in [2.75, 3.05) is 31.0 Å². The molecule has 10 nitrogen and oxygen atoms in total. The second kappa shape index (κ2) is 11.2. The van der Waals surface area contributed by atoms with Gasteiger partial charge in [-0.1, -0.05) is 47.6 Å². The van der Waals surface area contributed by atoms with E-state index in [0.29, 0.717) is 26.9 Å². The van der Waals surface area contributed by atoms with Crippen molar-refractivity contribution >= 4 is 52.2 Å². The summed E-state index contributed by atoms with van der Waals surface area (Å²) in [4.78, 5) is 26.8. The van der Waals surface area contributed by atoms with E-state index in [1.807, 2.05) is 0 Å². The van der Waals surface area contributed by atoms with Gasteiger partial charge >= 0.3 is 0 Å². The second-order valence-electron chi connectivity index (χ2n) is 7.93. The molecule has 2 aromatic carbocycles. The molecule has 0 aliphatic heterocycles. The van der Waals surface area contributed by atoms with E-state index < -0.39 is 5.56 Å². The zero-order valence-corrected chi connectivity index (χ0v) is 20.8. The largest absolute Gasteiger partial charge is 0.399 e. The van der Waals surface area contributed by atoms with Gasteiger partial charge in [0.1, 0.15) is 18.1 Å². The first-order valence-electron chi connectivity index (χ1n) is 10.4. The number of nitrogens with zero attached hydrogens (tertiary/aromatic N) is 2. The first-order chi connectivity index (χ1) is 16.5. The van der Waals surface area contributed by atoms with Crippen LogP contribution < -0.4 is 33.5 Å². The molecule has 3 aromatic rings. The van der Waals surface area contributed by atoms with Crippen LogP contribution in [0.3, 0.4) is 0 Å². The number of carbonyl (C=O) groups excluding carboxylic acids is 1. The van der Waals surface area contributed by atoms with Crippen LogP contribution in [0.1, 0.15) is 11.1 Å². The van der Waals surface area contributed by atoms with Gasteiger partial charge in [0.15, 0.2) is 0 Å². The Bertz CT molecular complexity index is 1290. The molecular weight excluding hydrogens is 488 g/mol. The maximum Gasteiger partial charge on any atom is 0.278 e. The van der Waals surface area contributed by atoms with Crippen LogP contribution in [-0.4, -0.2) is 35.4 Å². The number of nitrogens with one attached hydrogen (secondary N) is 3. The van der Waals surface area contributed by atoms with Crippen molar-refractivity contribution in [3.8, 4) is 0 Å². The average molecular weight is 515 g/mol. The molecule has 0 atom stereocenters. The minimum atomic E-state index is -0.452. The third kappa shape index (κ3) is 6.92. The Labute approximate surface area is 211 Å². The molecule has 0 aliphatic rings. The van der Waals surface area contributed by atoms with Crippen molar-refractivity contribution in [1.82, 2.24) is 14.9 Å². The molecule has 3 rings (SSSR count). The molecule has 0 saturated carbocycles. The minimum Gasteiger partial charge on any atom is -0.399 e. The summed E-state index contributed by atoms with van der Waals surface area (Å²) < 4.78 is 1.34. The van der Waals surface area contributed by atoms with E-state index in [1.165, 1.54) is 16.3 Å². The van der Waals surface area contributed by atoms with Crippen LogP contribution in [0.25, 0.3) is 0 Å². The number of aromatic nitrogens is 1. The molecule has 1 aromatic heterocycles. The fraction of sp³-hybridized carbons (Fsp3) is 0.174. The van der Waals surface area contributed by atoms with E-state index in [1.54, 1.807) is 67.6 Å². The molecule has 0 bridgehead atoms. The van der Waals surface area contributed by atoms with E-state index in [2.05, 4.69) is 10.7 Å². The number of nitrogens with two attached hydrogens (primary N) is 3. The van der Waals surface area contributed by atoms with Gasteiger partial charge in [-0.2, -0.15) is 0 Å². The summed E-state index contributed by atoms with van der Waals surface area (Å²) in [6.45, 7) is 0.0141. The third-order valence-electron chi connectivity index (χ3n) is 4.78. The predicted octanol–water partition coefficient (Wildman–Crippen LogP) is 2.31. The van der Waals surface area contributed by atoms with Crippen molar-refractivity contribution < 1.29 is 4.79 Å². The standard InChI is InChI=1S/C23H27ClN8O2S/c1-31(2)30-21-18(24)10-20(35-17-8-15(25)7-16(26)9-17)32(23(21)34)12-19(33)29-11-13-3-5-14(6-4-13)22(27)28/h3-10,30H,11-12,25-26H2,1-2H3,(H3,27,28)(H,29,33). The number of benzene rings is 2. The van der Waals surface area contributed by atoms with Gasteiger partial charge < -0.3 is 27.9 Å². The number of nitrogen functional groups attached to an aromatic ring is 3. The topological polar surface area (TPSA) is 168 Å². The van der Waals surface area contributed by atoms with Gasteiger partial charge in [0.2, 0.25) is 5.91 Å². The summed E-state index contributed by atoms with van der Waals surface area (Å²) in [5, 5.41) is 12.5. The van der Waals surface area contributed by atoms with Crippen molar-refractivity contribution in [2.24, 2.45) is 5.73 Å². The zero-order valence-electron chi connectivity index (χ0n) is 19.3. The lowest BCUT2D eigenvalue weighted by Crippen LogP contribution is -2.35. The van der Waals surface area contributed by atoms with E-state index in [-0.39, 0.29) is 35.5 Å². The molecular formula is C23H27ClN8O2S.